The molecule has 0 amide bonds. The first kappa shape index (κ1) is 57.3. The van der Waals surface area contributed by atoms with Crippen molar-refractivity contribution < 1.29 is 18.3 Å². The highest BCUT2D eigenvalue weighted by Crippen LogP contribution is 2.39. The first-order chi connectivity index (χ1) is 40.2. The average Bonchev–Trinajstić information content (AvgIpc) is 2.83. The van der Waals surface area contributed by atoms with Crippen LogP contribution in [0.15, 0.2) is 144 Å². The van der Waals surface area contributed by atoms with E-state index in [2.05, 4.69) is 133 Å². The zero-order chi connectivity index (χ0) is 57.8. The number of fused-ring (bicyclic) bond motifs is 2. The van der Waals surface area contributed by atoms with E-state index in [1.165, 1.54) is 46.0 Å². The van der Waals surface area contributed by atoms with Crippen LogP contribution < -0.4 is 40.6 Å². The molecule has 4 aromatic carbocycles. The second-order valence-corrected chi connectivity index (χ2v) is 27.9. The Bertz CT molecular complexity index is 3740. The van der Waals surface area contributed by atoms with Crippen LogP contribution >= 0.6 is 22.7 Å². The minimum atomic E-state index is -2.66. The molecule has 0 spiro atoms. The van der Waals surface area contributed by atoms with Crippen molar-refractivity contribution in [2.45, 2.75) is 64.6 Å². The molecule has 0 radical (unpaired) electrons. The van der Waals surface area contributed by atoms with Crippen molar-refractivity contribution in [3.8, 4) is 22.5 Å². The van der Waals surface area contributed by atoms with Gasteiger partial charge in [0, 0.05) is 87.3 Å². The molecule has 83 heavy (non-hydrogen) atoms. The summed E-state index contributed by atoms with van der Waals surface area (Å²) in [6.45, 7) is 16.6. The first-order valence-electron chi connectivity index (χ1n) is 28.2. The minimum Gasteiger partial charge on any atom is -0.406 e. The largest absolute Gasteiger partial charge is 0.406 e. The fourth-order valence-electron chi connectivity index (χ4n) is 11.2. The van der Waals surface area contributed by atoms with Gasteiger partial charge in [-0.3, -0.25) is 0 Å². The highest BCUT2D eigenvalue weighted by molar-refractivity contribution is 7.14. The van der Waals surface area contributed by atoms with Gasteiger partial charge >= 0.3 is 0 Å². The summed E-state index contributed by atoms with van der Waals surface area (Å²) >= 11 is 3.07. The molecule has 430 valence electrons. The zero-order valence-electron chi connectivity index (χ0n) is 47.9. The Morgan fingerprint density at radius 2 is 1.04 bits per heavy atom. The van der Waals surface area contributed by atoms with Gasteiger partial charge in [0.1, 0.15) is 23.3 Å². The number of halogens is 2. The van der Waals surface area contributed by atoms with Gasteiger partial charge < -0.3 is 39.8 Å². The normalized spacial score (nSPS) is 15.9. The predicted octanol–water partition coefficient (Wildman–Crippen LogP) is 9.77. The van der Waals surface area contributed by atoms with Gasteiger partial charge in [-0.15, -0.1) is 32.9 Å². The maximum Gasteiger partial charge on any atom is 0.261 e. The van der Waals surface area contributed by atoms with E-state index in [4.69, 9.17) is 34.6 Å². The number of nitrogens with zero attached hydrogens (tertiary/aromatic N) is 12. The molecule has 3 N–H and O–H groups in total. The van der Waals surface area contributed by atoms with Crippen molar-refractivity contribution in [1.29, 1.82) is 0 Å². The minimum absolute atomic E-state index is 0.0348. The van der Waals surface area contributed by atoms with Crippen LogP contribution in [0, 0.1) is 11.6 Å². The number of imidazole rings is 2. The van der Waals surface area contributed by atoms with Crippen LogP contribution in [0.4, 0.5) is 42.3 Å². The van der Waals surface area contributed by atoms with Gasteiger partial charge in [-0.2, -0.15) is 9.03 Å². The lowest BCUT2D eigenvalue weighted by molar-refractivity contribution is 0.235. The third kappa shape index (κ3) is 11.9. The summed E-state index contributed by atoms with van der Waals surface area (Å²) in [5, 5.41) is 34.8. The molecule has 2 aliphatic heterocycles. The molecular weight excluding hydrogens is 1100 g/mol. The Morgan fingerprint density at radius 1 is 0.602 bits per heavy atom. The molecule has 0 bridgehead atoms. The van der Waals surface area contributed by atoms with Gasteiger partial charge in [-0.25, -0.2) is 28.7 Å². The van der Waals surface area contributed by atoms with Crippen LogP contribution in [0.1, 0.15) is 46.0 Å². The Labute approximate surface area is 492 Å². The molecule has 8 heterocycles. The highest BCUT2D eigenvalue weighted by Gasteiger charge is 2.50. The Hall–Kier alpha value is -7.50. The SMILES string of the molecule is CCc1nc2ccc(N3CCN[C@H](CO)C3)nn2c1N(C)c1nc(-c2ccc(F)cc2)cs1.CCc1nc2ccc(N3CCN[C@H](CO[Si](c4ccccc4)(c4ccccc4)C(C)(C)C)C3)nn2c1N(C)c1nc(-c2ccc(F)cc2)cs1. The van der Waals surface area contributed by atoms with Gasteiger partial charge in [0.2, 0.25) is 0 Å². The maximum absolute atomic E-state index is 13.5. The number of rotatable bonds is 16. The number of thiazole rings is 2. The fourth-order valence-corrected chi connectivity index (χ4v) is 17.4. The molecule has 0 aliphatic carbocycles. The van der Waals surface area contributed by atoms with Crippen LogP contribution in [-0.2, 0) is 17.3 Å². The molecule has 2 saturated heterocycles. The predicted molar refractivity (Wildman–Crippen MR) is 335 cm³/mol. The number of benzene rings is 4. The van der Waals surface area contributed by atoms with Gasteiger partial charge in [-0.05, 0) is 101 Å². The molecule has 2 aliphatic rings. The summed E-state index contributed by atoms with van der Waals surface area (Å²) in [6.07, 6.45) is 1.51. The number of aliphatic hydroxyl groups is 1. The number of anilines is 6. The van der Waals surface area contributed by atoms with Crippen LogP contribution in [0.25, 0.3) is 33.8 Å². The molecule has 2 atom stereocenters. The number of hydrogen-bond acceptors (Lipinski definition) is 16. The zero-order valence-corrected chi connectivity index (χ0v) is 50.5. The van der Waals surface area contributed by atoms with Gasteiger partial charge in [0.15, 0.2) is 33.2 Å². The summed E-state index contributed by atoms with van der Waals surface area (Å²) in [6, 6.07) is 42.7. The van der Waals surface area contributed by atoms with E-state index in [1.54, 1.807) is 35.6 Å². The standard InChI is InChI=1S/C39H44FN7OSSi.C23H26FN7OS/c1-6-33-37(45(5)38-43-34(27-49-38)28-17-19-29(40)20-18-28)47-35(42-33)21-22-36(44-47)46-24-23-41-30(25-46)26-48-50(39(2,3)4,31-13-9-7-10-14-31)32-15-11-8-12-16-32;1-3-18-22(29(2)23-27-19(14-33-23)15-4-6-16(24)7-5-15)31-20(26-18)8-9-21(28-31)30-11-10-25-17(12-30)13-32/h7-22,27,30,41H,6,23-26H2,1-5H3;4-9,14,17,25,32H,3,10-13H2,1-2H3/t30-;17-/m00/s1. The lowest BCUT2D eigenvalue weighted by Gasteiger charge is -2.44. The molecule has 10 aromatic rings. The highest BCUT2D eigenvalue weighted by atomic mass is 32.1. The van der Waals surface area contributed by atoms with Crippen molar-refractivity contribution in [1.82, 2.24) is 49.8 Å². The lowest BCUT2D eigenvalue weighted by Crippen LogP contribution is -2.68. The molecule has 21 heteroatoms. The second kappa shape index (κ2) is 24.8. The summed E-state index contributed by atoms with van der Waals surface area (Å²) < 4.78 is 38.0. The first-order valence-corrected chi connectivity index (χ1v) is 31.9. The molecule has 12 rings (SSSR count). The summed E-state index contributed by atoms with van der Waals surface area (Å²) in [5.74, 6) is 3.00. The third-order valence-corrected chi connectivity index (χ3v) is 22.3. The smallest absolute Gasteiger partial charge is 0.261 e. The van der Waals surface area contributed by atoms with E-state index in [9.17, 15) is 13.9 Å². The van der Waals surface area contributed by atoms with E-state index in [-0.39, 0.29) is 35.4 Å². The molecule has 2 fully saturated rings. The number of aromatic nitrogens is 8. The van der Waals surface area contributed by atoms with Crippen molar-refractivity contribution in [2.75, 3.05) is 86.2 Å². The van der Waals surface area contributed by atoms with Gasteiger partial charge in [0.25, 0.3) is 8.32 Å². The molecule has 0 saturated carbocycles. The lowest BCUT2D eigenvalue weighted by atomic mass is 10.2. The van der Waals surface area contributed by atoms with Gasteiger partial charge in [0.05, 0.1) is 36.0 Å². The molecular formula is C62H70F2N14O2S2Si. The molecule has 16 nitrogen and oxygen atoms in total. The molecule has 0 unspecified atom stereocenters. The number of nitrogens with one attached hydrogen (secondary N) is 2. The van der Waals surface area contributed by atoms with Crippen molar-refractivity contribution in [3.63, 3.8) is 0 Å². The third-order valence-electron chi connectivity index (χ3n) is 15.5. The van der Waals surface area contributed by atoms with Crippen LogP contribution in [0.5, 0.6) is 0 Å². The van der Waals surface area contributed by atoms with E-state index in [0.717, 1.165) is 124 Å². The summed E-state index contributed by atoms with van der Waals surface area (Å²) in [5.41, 5.74) is 6.83. The number of aliphatic hydroxyl groups excluding tert-OH is 1. The topological polar surface area (TPSA) is 153 Å². The van der Waals surface area contributed by atoms with Crippen molar-refractivity contribution in [2.24, 2.45) is 0 Å². The van der Waals surface area contributed by atoms with E-state index < -0.39 is 8.32 Å². The van der Waals surface area contributed by atoms with Gasteiger partial charge in [-0.1, -0.05) is 95.3 Å². The van der Waals surface area contributed by atoms with E-state index >= 15 is 0 Å². The number of piperazine rings is 2. The fraction of sp³-hybridized carbons (Fsp3) is 0.323. The monoisotopic (exact) mass is 1170 g/mol. The van der Waals surface area contributed by atoms with E-state index in [1.807, 2.05) is 50.9 Å². The van der Waals surface area contributed by atoms with Crippen LogP contribution in [0.2, 0.25) is 5.04 Å². The quantitative estimate of drug-likeness (QED) is 0.0787. The Kier molecular flexibility index (Phi) is 17.1. The number of aryl methyl sites for hydroxylation is 2. The van der Waals surface area contributed by atoms with Crippen LogP contribution in [-0.4, -0.2) is 131 Å². The summed E-state index contributed by atoms with van der Waals surface area (Å²) in [4.78, 5) is 28.0. The van der Waals surface area contributed by atoms with E-state index in [0.29, 0.717) is 13.2 Å². The Morgan fingerprint density at radius 3 is 1.46 bits per heavy atom. The average molecular weight is 1170 g/mol. The number of hydrogen-bond donors (Lipinski definition) is 3. The van der Waals surface area contributed by atoms with Crippen molar-refractivity contribution in [3.05, 3.63) is 167 Å². The van der Waals surface area contributed by atoms with Crippen LogP contribution in [0.3, 0.4) is 0 Å². The second-order valence-electron chi connectivity index (χ2n) is 21.9. The Balaban J connectivity index is 0.000000189. The van der Waals surface area contributed by atoms with Crippen molar-refractivity contribution >= 4 is 86.2 Å². The summed E-state index contributed by atoms with van der Waals surface area (Å²) in [7, 11) is 1.32. The molecule has 6 aromatic heterocycles. The maximum atomic E-state index is 13.5.